The highest BCUT2D eigenvalue weighted by Crippen LogP contribution is 2.19. The van der Waals surface area contributed by atoms with Crippen molar-refractivity contribution in [2.45, 2.75) is 6.04 Å². The summed E-state index contributed by atoms with van der Waals surface area (Å²) in [6.07, 6.45) is 1.29. The van der Waals surface area contributed by atoms with Crippen molar-refractivity contribution in [3.8, 4) is 0 Å². The molecular formula is C11H16N2OS. The second-order valence-electron chi connectivity index (χ2n) is 3.49. The van der Waals surface area contributed by atoms with Crippen molar-refractivity contribution >= 4 is 17.2 Å². The normalized spacial score (nSPS) is 12.5. The van der Waals surface area contributed by atoms with Crippen LogP contribution in [0.4, 0.5) is 0 Å². The Morgan fingerprint density at radius 3 is 2.93 bits per heavy atom. The van der Waals surface area contributed by atoms with Gasteiger partial charge in [-0.05, 0) is 42.6 Å². The van der Waals surface area contributed by atoms with E-state index in [1.54, 1.807) is 11.3 Å². The summed E-state index contributed by atoms with van der Waals surface area (Å²) in [5, 5.41) is 6.95. The predicted molar refractivity (Wildman–Crippen MR) is 64.0 cm³/mol. The van der Waals surface area contributed by atoms with Crippen molar-refractivity contribution in [3.63, 3.8) is 0 Å². The van der Waals surface area contributed by atoms with Gasteiger partial charge in [0.25, 0.3) is 0 Å². The zero-order valence-electron chi connectivity index (χ0n) is 9.06. The van der Waals surface area contributed by atoms with Crippen molar-refractivity contribution in [2.75, 3.05) is 20.6 Å². The van der Waals surface area contributed by atoms with Crippen LogP contribution in [0.5, 0.6) is 0 Å². The lowest BCUT2D eigenvalue weighted by Gasteiger charge is -2.23. The van der Waals surface area contributed by atoms with Gasteiger partial charge >= 0.3 is 0 Å². The largest absolute Gasteiger partial charge is 0.351 e. The van der Waals surface area contributed by atoms with E-state index in [0.717, 1.165) is 0 Å². The summed E-state index contributed by atoms with van der Waals surface area (Å²) in [6, 6.07) is 2.30. The van der Waals surface area contributed by atoms with Crippen LogP contribution in [0.1, 0.15) is 11.6 Å². The quantitative estimate of drug-likeness (QED) is 0.771. The van der Waals surface area contributed by atoms with Crippen LogP contribution in [-0.2, 0) is 4.79 Å². The zero-order valence-corrected chi connectivity index (χ0v) is 9.88. The topological polar surface area (TPSA) is 32.3 Å². The number of hydrogen-bond donors (Lipinski definition) is 1. The number of amides is 1. The molecule has 3 nitrogen and oxygen atoms in total. The molecule has 4 heteroatoms. The van der Waals surface area contributed by atoms with Gasteiger partial charge < -0.3 is 10.2 Å². The fraction of sp³-hybridized carbons (Fsp3) is 0.364. The van der Waals surface area contributed by atoms with Gasteiger partial charge in [-0.2, -0.15) is 11.3 Å². The number of rotatable bonds is 5. The number of nitrogens with zero attached hydrogens (tertiary/aromatic N) is 1. The Morgan fingerprint density at radius 1 is 1.73 bits per heavy atom. The minimum atomic E-state index is -0.128. The number of likely N-dealkylation sites (N-methyl/N-ethyl adjacent to an activating group) is 1. The Kier molecular flexibility index (Phi) is 4.52. The minimum Gasteiger partial charge on any atom is -0.351 e. The molecule has 0 fully saturated rings. The third kappa shape index (κ3) is 3.49. The highest BCUT2D eigenvalue weighted by atomic mass is 32.1. The van der Waals surface area contributed by atoms with Gasteiger partial charge in [0, 0.05) is 6.54 Å². The summed E-state index contributed by atoms with van der Waals surface area (Å²) < 4.78 is 0. The van der Waals surface area contributed by atoms with E-state index in [1.807, 2.05) is 19.5 Å². The van der Waals surface area contributed by atoms with E-state index in [0.29, 0.717) is 6.54 Å². The Labute approximate surface area is 94.4 Å². The molecule has 1 heterocycles. The molecule has 82 valence electrons. The SMILES string of the molecule is C=CC(=O)NCC(c1ccsc1)N(C)C. The van der Waals surface area contributed by atoms with Crippen LogP contribution in [0.15, 0.2) is 29.5 Å². The van der Waals surface area contributed by atoms with Gasteiger partial charge in [0.05, 0.1) is 6.04 Å². The Hall–Kier alpha value is -1.13. The number of nitrogens with one attached hydrogen (secondary N) is 1. The van der Waals surface area contributed by atoms with Gasteiger partial charge in [-0.3, -0.25) is 4.79 Å². The maximum Gasteiger partial charge on any atom is 0.243 e. The lowest BCUT2D eigenvalue weighted by atomic mass is 10.1. The smallest absolute Gasteiger partial charge is 0.243 e. The molecule has 0 radical (unpaired) electrons. The summed E-state index contributed by atoms with van der Waals surface area (Å²) in [4.78, 5) is 13.2. The molecule has 0 aliphatic carbocycles. The molecule has 0 aliphatic heterocycles. The van der Waals surface area contributed by atoms with E-state index in [-0.39, 0.29) is 11.9 Å². The molecule has 0 aliphatic rings. The van der Waals surface area contributed by atoms with Crippen molar-refractivity contribution < 1.29 is 4.79 Å². The molecule has 1 N–H and O–H groups in total. The maximum atomic E-state index is 11.1. The molecule has 1 aromatic rings. The first-order chi connectivity index (χ1) is 7.15. The second-order valence-corrected chi connectivity index (χ2v) is 4.27. The molecule has 1 atom stereocenters. The monoisotopic (exact) mass is 224 g/mol. The average molecular weight is 224 g/mol. The third-order valence-electron chi connectivity index (χ3n) is 2.21. The molecule has 1 amide bonds. The summed E-state index contributed by atoms with van der Waals surface area (Å²) >= 11 is 1.67. The van der Waals surface area contributed by atoms with Crippen LogP contribution in [0.2, 0.25) is 0 Å². The first-order valence-corrected chi connectivity index (χ1v) is 5.68. The standard InChI is InChI=1S/C11H16N2OS/c1-4-11(14)12-7-10(13(2)3)9-5-6-15-8-9/h4-6,8,10H,1,7H2,2-3H3,(H,12,14). The Morgan fingerprint density at radius 2 is 2.47 bits per heavy atom. The molecule has 0 spiro atoms. The van der Waals surface area contributed by atoms with Gasteiger partial charge in [-0.15, -0.1) is 0 Å². The summed E-state index contributed by atoms with van der Waals surface area (Å²) in [5.74, 6) is -0.128. The lowest BCUT2D eigenvalue weighted by Crippen LogP contribution is -2.33. The molecule has 1 rings (SSSR count). The van der Waals surface area contributed by atoms with Crippen LogP contribution in [0, 0.1) is 0 Å². The number of thiophene rings is 1. The molecule has 1 unspecified atom stereocenters. The van der Waals surface area contributed by atoms with Crippen LogP contribution in [0.25, 0.3) is 0 Å². The Balaban J connectivity index is 2.60. The minimum absolute atomic E-state index is 0.128. The predicted octanol–water partition coefficient (Wildman–Crippen LogP) is 1.65. The number of carbonyl (C=O) groups excluding carboxylic acids is 1. The van der Waals surface area contributed by atoms with Crippen molar-refractivity contribution in [1.82, 2.24) is 10.2 Å². The molecule has 15 heavy (non-hydrogen) atoms. The first kappa shape index (κ1) is 11.9. The average Bonchev–Trinajstić information content (AvgIpc) is 2.70. The number of hydrogen-bond acceptors (Lipinski definition) is 3. The van der Waals surface area contributed by atoms with E-state index in [1.165, 1.54) is 11.6 Å². The van der Waals surface area contributed by atoms with E-state index in [9.17, 15) is 4.79 Å². The van der Waals surface area contributed by atoms with Crippen molar-refractivity contribution in [1.29, 1.82) is 0 Å². The summed E-state index contributed by atoms with van der Waals surface area (Å²) in [6.45, 7) is 4.03. The van der Waals surface area contributed by atoms with Gasteiger partial charge in [-0.25, -0.2) is 0 Å². The number of carbonyl (C=O) groups is 1. The van der Waals surface area contributed by atoms with Crippen molar-refractivity contribution in [2.24, 2.45) is 0 Å². The van der Waals surface area contributed by atoms with Gasteiger partial charge in [0.2, 0.25) is 5.91 Å². The third-order valence-corrected chi connectivity index (χ3v) is 2.91. The second kappa shape index (κ2) is 5.68. The van der Waals surface area contributed by atoms with Crippen LogP contribution < -0.4 is 5.32 Å². The van der Waals surface area contributed by atoms with Crippen LogP contribution in [0.3, 0.4) is 0 Å². The zero-order chi connectivity index (χ0) is 11.3. The Bertz CT molecular complexity index is 319. The van der Waals surface area contributed by atoms with E-state index >= 15 is 0 Å². The van der Waals surface area contributed by atoms with E-state index in [2.05, 4.69) is 28.2 Å². The molecule has 1 aromatic heterocycles. The molecular weight excluding hydrogens is 208 g/mol. The highest BCUT2D eigenvalue weighted by Gasteiger charge is 2.14. The first-order valence-electron chi connectivity index (χ1n) is 4.74. The summed E-state index contributed by atoms with van der Waals surface area (Å²) in [7, 11) is 4.00. The van der Waals surface area contributed by atoms with Crippen LogP contribution in [-0.4, -0.2) is 31.4 Å². The van der Waals surface area contributed by atoms with Gasteiger partial charge in [-0.1, -0.05) is 6.58 Å². The molecule has 0 saturated heterocycles. The lowest BCUT2D eigenvalue weighted by molar-refractivity contribution is -0.116. The molecule has 0 bridgehead atoms. The fourth-order valence-corrected chi connectivity index (χ4v) is 2.04. The highest BCUT2D eigenvalue weighted by molar-refractivity contribution is 7.07. The van der Waals surface area contributed by atoms with Gasteiger partial charge in [0.1, 0.15) is 0 Å². The summed E-state index contributed by atoms with van der Waals surface area (Å²) in [5.41, 5.74) is 1.23. The molecule has 0 saturated carbocycles. The van der Waals surface area contributed by atoms with Crippen LogP contribution >= 0.6 is 11.3 Å². The fourth-order valence-electron chi connectivity index (χ4n) is 1.33. The maximum absolute atomic E-state index is 11.1. The van der Waals surface area contributed by atoms with E-state index in [4.69, 9.17) is 0 Å². The van der Waals surface area contributed by atoms with Gasteiger partial charge in [0.15, 0.2) is 0 Å². The van der Waals surface area contributed by atoms with Crippen molar-refractivity contribution in [3.05, 3.63) is 35.0 Å². The van der Waals surface area contributed by atoms with E-state index < -0.39 is 0 Å². The molecule has 0 aromatic carbocycles.